The van der Waals surface area contributed by atoms with Gasteiger partial charge in [0.15, 0.2) is 0 Å². The second-order valence-electron chi connectivity index (χ2n) is 6.01. The predicted octanol–water partition coefficient (Wildman–Crippen LogP) is 3.04. The molecule has 0 amide bonds. The van der Waals surface area contributed by atoms with Gasteiger partial charge in [0.05, 0.1) is 12.2 Å². The summed E-state index contributed by atoms with van der Waals surface area (Å²) >= 11 is 0. The lowest BCUT2D eigenvalue weighted by molar-refractivity contribution is -0.145. The molecule has 18 heavy (non-hydrogen) atoms. The molecule has 0 radical (unpaired) electrons. The molecule has 3 heteroatoms. The molecule has 1 rings (SSSR count). The molecule has 1 aliphatic rings. The summed E-state index contributed by atoms with van der Waals surface area (Å²) in [6.07, 6.45) is 4.43. The van der Waals surface area contributed by atoms with Crippen LogP contribution >= 0.6 is 0 Å². The summed E-state index contributed by atoms with van der Waals surface area (Å²) in [6.45, 7) is 11.2. The summed E-state index contributed by atoms with van der Waals surface area (Å²) in [7, 11) is 0.388. The summed E-state index contributed by atoms with van der Waals surface area (Å²) in [4.78, 5) is 12.0. The first kappa shape index (κ1) is 15.6. The zero-order valence-electron chi connectivity index (χ0n) is 12.6. The van der Waals surface area contributed by atoms with Crippen LogP contribution in [0.15, 0.2) is 11.6 Å². The fourth-order valence-electron chi connectivity index (χ4n) is 2.32. The topological polar surface area (TPSA) is 26.3 Å². The van der Waals surface area contributed by atoms with Gasteiger partial charge in [0.1, 0.15) is 18.1 Å². The largest absolute Gasteiger partial charge is 0.460 e. The van der Waals surface area contributed by atoms with Crippen LogP contribution in [0.3, 0.4) is 0 Å². The summed E-state index contributed by atoms with van der Waals surface area (Å²) in [5.41, 5.74) is 1.36. The fourth-order valence-corrected chi connectivity index (χ4v) is 2.97. The molecule has 0 aliphatic heterocycles. The molecule has 3 atom stereocenters. The molecular weight excluding hydrogens is 244 g/mol. The van der Waals surface area contributed by atoms with E-state index in [2.05, 4.69) is 47.0 Å². The maximum Gasteiger partial charge on any atom is 0.310 e. The predicted molar refractivity (Wildman–Crippen MR) is 79.8 cm³/mol. The van der Waals surface area contributed by atoms with Crippen molar-refractivity contribution in [3.8, 4) is 0 Å². The summed E-state index contributed by atoms with van der Waals surface area (Å²) in [6, 6.07) is 0. The molecule has 0 aromatic heterocycles. The zero-order valence-corrected chi connectivity index (χ0v) is 13.4. The molecule has 0 saturated heterocycles. The lowest BCUT2D eigenvalue weighted by Crippen LogP contribution is -2.18. The van der Waals surface area contributed by atoms with Gasteiger partial charge in [-0.2, -0.15) is 0 Å². The third-order valence-electron chi connectivity index (χ3n) is 3.85. The molecule has 0 aromatic carbocycles. The fraction of sp³-hybridized carbons (Fsp3) is 0.800. The van der Waals surface area contributed by atoms with E-state index in [0.29, 0.717) is 23.4 Å². The molecule has 3 unspecified atom stereocenters. The van der Waals surface area contributed by atoms with Gasteiger partial charge in [-0.05, 0) is 43.0 Å². The monoisotopic (exact) mass is 271 g/mol. The normalized spacial score (nSPS) is 26.3. The molecule has 1 fully saturated rings. The highest BCUT2D eigenvalue weighted by molar-refractivity contribution is 7.96. The van der Waals surface area contributed by atoms with E-state index in [1.807, 2.05) is 0 Å². The van der Waals surface area contributed by atoms with Crippen molar-refractivity contribution < 1.29 is 9.53 Å². The van der Waals surface area contributed by atoms with Crippen molar-refractivity contribution in [1.82, 2.24) is 0 Å². The molecule has 0 N–H and O–H groups in total. The molecule has 0 bridgehead atoms. The lowest BCUT2D eigenvalue weighted by atomic mass is 10.1. The van der Waals surface area contributed by atoms with Crippen LogP contribution < -0.4 is 0 Å². The summed E-state index contributed by atoms with van der Waals surface area (Å²) < 4.78 is 5.42. The van der Waals surface area contributed by atoms with Crippen molar-refractivity contribution in [1.29, 1.82) is 0 Å². The van der Waals surface area contributed by atoms with Crippen LogP contribution in [-0.4, -0.2) is 30.3 Å². The van der Waals surface area contributed by atoms with Gasteiger partial charge in [0.25, 0.3) is 0 Å². The number of rotatable bonds is 6. The van der Waals surface area contributed by atoms with E-state index < -0.39 is 0 Å². The minimum absolute atomic E-state index is 0.00407. The average molecular weight is 271 g/mol. The summed E-state index contributed by atoms with van der Waals surface area (Å²) in [5.74, 6) is 2.60. The number of ether oxygens (including phenoxy) is 1. The van der Waals surface area contributed by atoms with Crippen molar-refractivity contribution in [3.63, 3.8) is 0 Å². The zero-order chi connectivity index (χ0) is 13.9. The van der Waals surface area contributed by atoms with Crippen LogP contribution in [0.4, 0.5) is 0 Å². The Morgan fingerprint density at radius 2 is 2.00 bits per heavy atom. The highest BCUT2D eigenvalue weighted by Crippen LogP contribution is 2.59. The Morgan fingerprint density at radius 3 is 2.50 bits per heavy atom. The molecule has 0 spiro atoms. The average Bonchev–Trinajstić information content (AvgIpc) is 2.79. The van der Waals surface area contributed by atoms with Crippen molar-refractivity contribution >= 4 is 16.9 Å². The van der Waals surface area contributed by atoms with Gasteiger partial charge in [-0.1, -0.05) is 25.5 Å². The van der Waals surface area contributed by atoms with Crippen LogP contribution in [0, 0.1) is 17.3 Å². The number of carbonyl (C=O) groups is 1. The quantitative estimate of drug-likeness (QED) is 0.422. The van der Waals surface area contributed by atoms with Crippen LogP contribution in [-0.2, 0) is 20.4 Å². The Labute approximate surface area is 115 Å². The third kappa shape index (κ3) is 3.78. The molecule has 0 aromatic rings. The lowest BCUT2D eigenvalue weighted by Gasteiger charge is -2.05. The highest BCUT2D eigenvalue weighted by Gasteiger charge is 2.61. The molecular formula is C15H27O2S+. The van der Waals surface area contributed by atoms with E-state index in [0.717, 1.165) is 5.75 Å². The maximum absolute atomic E-state index is 12.0. The molecule has 1 aliphatic carbocycles. The van der Waals surface area contributed by atoms with Gasteiger partial charge in [-0.3, -0.25) is 4.79 Å². The van der Waals surface area contributed by atoms with Crippen molar-refractivity contribution in [2.75, 3.05) is 24.4 Å². The first-order chi connectivity index (χ1) is 8.30. The SMILES string of the molecule is CC[S+](C)CCOC(=O)C1C(C=C(C)C)C1(C)C. The minimum Gasteiger partial charge on any atom is -0.460 e. The van der Waals surface area contributed by atoms with E-state index in [1.165, 1.54) is 11.3 Å². The maximum atomic E-state index is 12.0. The van der Waals surface area contributed by atoms with Crippen molar-refractivity contribution in [2.24, 2.45) is 17.3 Å². The summed E-state index contributed by atoms with van der Waals surface area (Å²) in [5, 5.41) is 0. The minimum atomic E-state index is -0.00407. The van der Waals surface area contributed by atoms with Crippen molar-refractivity contribution in [3.05, 3.63) is 11.6 Å². The van der Waals surface area contributed by atoms with E-state index in [9.17, 15) is 4.79 Å². The number of carbonyl (C=O) groups excluding carboxylic acids is 1. The smallest absolute Gasteiger partial charge is 0.310 e. The van der Waals surface area contributed by atoms with Gasteiger partial charge in [0, 0.05) is 0 Å². The second kappa shape index (κ2) is 6.14. The first-order valence-electron chi connectivity index (χ1n) is 6.71. The van der Waals surface area contributed by atoms with Crippen LogP contribution in [0.1, 0.15) is 34.6 Å². The van der Waals surface area contributed by atoms with Crippen LogP contribution in [0.2, 0.25) is 0 Å². The molecule has 104 valence electrons. The molecule has 1 saturated carbocycles. The van der Waals surface area contributed by atoms with Gasteiger partial charge in [-0.15, -0.1) is 0 Å². The Balaban J connectivity index is 2.42. The van der Waals surface area contributed by atoms with E-state index in [1.54, 1.807) is 0 Å². The molecule has 2 nitrogen and oxygen atoms in total. The third-order valence-corrected chi connectivity index (χ3v) is 5.70. The highest BCUT2D eigenvalue weighted by atomic mass is 32.2. The van der Waals surface area contributed by atoms with Gasteiger partial charge >= 0.3 is 5.97 Å². The Morgan fingerprint density at radius 1 is 1.39 bits per heavy atom. The van der Waals surface area contributed by atoms with Gasteiger partial charge < -0.3 is 4.74 Å². The number of hydrogen-bond donors (Lipinski definition) is 0. The number of allylic oxidation sites excluding steroid dienone is 2. The standard InChI is InChI=1S/C15H27O2S/c1-7-18(6)9-8-17-14(16)13-12(10-11(2)3)15(13,4)5/h10,12-13H,7-9H2,1-6H3/q+1. The van der Waals surface area contributed by atoms with Crippen LogP contribution in [0.25, 0.3) is 0 Å². The number of hydrogen-bond acceptors (Lipinski definition) is 2. The Kier molecular flexibility index (Phi) is 5.32. The molecule has 0 heterocycles. The van der Waals surface area contributed by atoms with Gasteiger partial charge in [-0.25, -0.2) is 0 Å². The second-order valence-corrected chi connectivity index (χ2v) is 8.56. The number of esters is 1. The van der Waals surface area contributed by atoms with E-state index in [4.69, 9.17) is 4.74 Å². The first-order valence-corrected chi connectivity index (χ1v) is 8.68. The van der Waals surface area contributed by atoms with E-state index in [-0.39, 0.29) is 17.3 Å². The van der Waals surface area contributed by atoms with E-state index >= 15 is 0 Å². The Hall–Kier alpha value is -0.440. The van der Waals surface area contributed by atoms with Crippen molar-refractivity contribution in [2.45, 2.75) is 34.6 Å². The van der Waals surface area contributed by atoms with Crippen LogP contribution in [0.5, 0.6) is 0 Å². The van der Waals surface area contributed by atoms with Gasteiger partial charge in [0.2, 0.25) is 0 Å². The Bertz CT molecular complexity index is 329.